The first-order valence-electron chi connectivity index (χ1n) is 4.24. The second-order valence-electron chi connectivity index (χ2n) is 2.94. The fourth-order valence-corrected chi connectivity index (χ4v) is 1.56. The first-order valence-corrected chi connectivity index (χ1v) is 4.62. The summed E-state index contributed by atoms with van der Waals surface area (Å²) in [5, 5.41) is 9.76. The second-order valence-corrected chi connectivity index (χ2v) is 3.37. The largest absolute Gasteiger partial charge is 0.464 e. The molecule has 0 fully saturated rings. The topological polar surface area (TPSA) is 33.4 Å². The lowest BCUT2D eigenvalue weighted by Crippen LogP contribution is -1.87. The standard InChI is InChI=1S/C11H9ClO2/c12-9-3-4-10(8(6-9)7-13)11-2-1-5-14-11/h1-6,13H,7H2. The second kappa shape index (κ2) is 3.86. The first kappa shape index (κ1) is 9.31. The molecule has 14 heavy (non-hydrogen) atoms. The number of aliphatic hydroxyl groups excluding tert-OH is 1. The Labute approximate surface area is 86.7 Å². The Morgan fingerprint density at radius 2 is 2.14 bits per heavy atom. The minimum atomic E-state index is -0.0450. The number of aliphatic hydroxyl groups is 1. The van der Waals surface area contributed by atoms with E-state index in [0.29, 0.717) is 5.02 Å². The van der Waals surface area contributed by atoms with Crippen molar-refractivity contribution >= 4 is 11.6 Å². The van der Waals surface area contributed by atoms with E-state index in [0.717, 1.165) is 16.9 Å². The molecule has 0 aliphatic heterocycles. The average Bonchev–Trinajstić information content (AvgIpc) is 2.70. The molecule has 0 spiro atoms. The number of benzene rings is 1. The van der Waals surface area contributed by atoms with Gasteiger partial charge in [0.1, 0.15) is 5.76 Å². The number of halogens is 1. The SMILES string of the molecule is OCc1cc(Cl)ccc1-c1ccco1. The highest BCUT2D eigenvalue weighted by Crippen LogP contribution is 2.26. The summed E-state index contributed by atoms with van der Waals surface area (Å²) in [6, 6.07) is 9.01. The molecule has 0 saturated heterocycles. The van der Waals surface area contributed by atoms with E-state index >= 15 is 0 Å². The molecule has 2 rings (SSSR count). The Morgan fingerprint density at radius 1 is 1.29 bits per heavy atom. The number of furan rings is 1. The summed E-state index contributed by atoms with van der Waals surface area (Å²) in [4.78, 5) is 0. The molecule has 1 N–H and O–H groups in total. The van der Waals surface area contributed by atoms with Crippen LogP contribution < -0.4 is 0 Å². The van der Waals surface area contributed by atoms with Gasteiger partial charge in [0.05, 0.1) is 12.9 Å². The zero-order valence-corrected chi connectivity index (χ0v) is 8.16. The van der Waals surface area contributed by atoms with Gasteiger partial charge in [-0.3, -0.25) is 0 Å². The lowest BCUT2D eigenvalue weighted by Gasteiger charge is -2.04. The van der Waals surface area contributed by atoms with Crippen LogP contribution in [0.2, 0.25) is 5.02 Å². The molecule has 0 atom stereocenters. The maximum Gasteiger partial charge on any atom is 0.134 e. The average molecular weight is 209 g/mol. The number of hydrogen-bond acceptors (Lipinski definition) is 2. The molecule has 1 aromatic carbocycles. The fourth-order valence-electron chi connectivity index (χ4n) is 1.37. The van der Waals surface area contributed by atoms with E-state index in [1.54, 1.807) is 18.4 Å². The molecule has 0 amide bonds. The van der Waals surface area contributed by atoms with Crippen molar-refractivity contribution in [3.05, 3.63) is 47.2 Å². The zero-order chi connectivity index (χ0) is 9.97. The van der Waals surface area contributed by atoms with Crippen molar-refractivity contribution in [1.82, 2.24) is 0 Å². The van der Waals surface area contributed by atoms with Crippen molar-refractivity contribution in [2.45, 2.75) is 6.61 Å². The molecular weight excluding hydrogens is 200 g/mol. The van der Waals surface area contributed by atoms with Crippen LogP contribution in [-0.2, 0) is 6.61 Å². The predicted molar refractivity (Wildman–Crippen MR) is 55.1 cm³/mol. The Kier molecular flexibility index (Phi) is 2.57. The third kappa shape index (κ3) is 1.67. The van der Waals surface area contributed by atoms with Crippen LogP contribution in [-0.4, -0.2) is 5.11 Å². The highest BCUT2D eigenvalue weighted by Gasteiger charge is 2.06. The van der Waals surface area contributed by atoms with Gasteiger partial charge >= 0.3 is 0 Å². The van der Waals surface area contributed by atoms with Crippen LogP contribution >= 0.6 is 11.6 Å². The van der Waals surface area contributed by atoms with Gasteiger partial charge in [-0.05, 0) is 35.9 Å². The van der Waals surface area contributed by atoms with Crippen LogP contribution in [0, 0.1) is 0 Å². The van der Waals surface area contributed by atoms with Gasteiger partial charge in [-0.1, -0.05) is 11.6 Å². The van der Waals surface area contributed by atoms with E-state index in [-0.39, 0.29) is 6.61 Å². The molecule has 2 nitrogen and oxygen atoms in total. The molecule has 0 radical (unpaired) electrons. The number of rotatable bonds is 2. The van der Waals surface area contributed by atoms with Crippen LogP contribution in [0.4, 0.5) is 0 Å². The summed E-state index contributed by atoms with van der Waals surface area (Å²) in [6.07, 6.45) is 1.60. The molecule has 0 aliphatic carbocycles. The van der Waals surface area contributed by atoms with Crippen LogP contribution in [0.5, 0.6) is 0 Å². The van der Waals surface area contributed by atoms with Gasteiger partial charge in [0.25, 0.3) is 0 Å². The molecule has 1 heterocycles. The van der Waals surface area contributed by atoms with Crippen LogP contribution in [0.3, 0.4) is 0 Å². The lowest BCUT2D eigenvalue weighted by atomic mass is 10.1. The smallest absolute Gasteiger partial charge is 0.134 e. The highest BCUT2D eigenvalue weighted by molar-refractivity contribution is 6.30. The summed E-state index contributed by atoms with van der Waals surface area (Å²) < 4.78 is 5.25. The molecule has 3 heteroatoms. The molecule has 0 saturated carbocycles. The molecular formula is C11H9ClO2. The molecule has 1 aromatic heterocycles. The van der Waals surface area contributed by atoms with Gasteiger partial charge < -0.3 is 9.52 Å². The normalized spacial score (nSPS) is 10.4. The van der Waals surface area contributed by atoms with E-state index in [2.05, 4.69) is 0 Å². The van der Waals surface area contributed by atoms with Crippen molar-refractivity contribution in [2.24, 2.45) is 0 Å². The quantitative estimate of drug-likeness (QED) is 0.823. The number of hydrogen-bond donors (Lipinski definition) is 1. The molecule has 2 aromatic rings. The highest BCUT2D eigenvalue weighted by atomic mass is 35.5. The van der Waals surface area contributed by atoms with Crippen LogP contribution in [0.1, 0.15) is 5.56 Å². The minimum absolute atomic E-state index is 0.0450. The Bertz CT molecular complexity index is 421. The minimum Gasteiger partial charge on any atom is -0.464 e. The molecule has 0 bridgehead atoms. The van der Waals surface area contributed by atoms with Gasteiger partial charge in [-0.2, -0.15) is 0 Å². The zero-order valence-electron chi connectivity index (χ0n) is 7.40. The van der Waals surface area contributed by atoms with Crippen LogP contribution in [0.15, 0.2) is 41.0 Å². The summed E-state index contributed by atoms with van der Waals surface area (Å²) in [5.41, 5.74) is 1.65. The molecule has 0 aliphatic rings. The maximum atomic E-state index is 9.14. The van der Waals surface area contributed by atoms with Crippen molar-refractivity contribution < 1.29 is 9.52 Å². The van der Waals surface area contributed by atoms with Crippen molar-refractivity contribution in [2.75, 3.05) is 0 Å². The summed E-state index contributed by atoms with van der Waals surface area (Å²) in [5.74, 6) is 0.741. The summed E-state index contributed by atoms with van der Waals surface area (Å²) >= 11 is 5.82. The summed E-state index contributed by atoms with van der Waals surface area (Å²) in [6.45, 7) is -0.0450. The lowest BCUT2D eigenvalue weighted by molar-refractivity contribution is 0.282. The van der Waals surface area contributed by atoms with Crippen molar-refractivity contribution in [3.8, 4) is 11.3 Å². The first-order chi connectivity index (χ1) is 6.81. The van der Waals surface area contributed by atoms with Gasteiger partial charge in [0, 0.05) is 10.6 Å². The summed E-state index contributed by atoms with van der Waals surface area (Å²) in [7, 11) is 0. The third-order valence-corrected chi connectivity index (χ3v) is 2.26. The van der Waals surface area contributed by atoms with E-state index < -0.39 is 0 Å². The van der Waals surface area contributed by atoms with Gasteiger partial charge in [0.2, 0.25) is 0 Å². The van der Waals surface area contributed by atoms with E-state index in [1.807, 2.05) is 18.2 Å². The van der Waals surface area contributed by atoms with Gasteiger partial charge in [-0.15, -0.1) is 0 Å². The van der Waals surface area contributed by atoms with E-state index in [4.69, 9.17) is 21.1 Å². The predicted octanol–water partition coefficient (Wildman–Crippen LogP) is 3.09. The van der Waals surface area contributed by atoms with Crippen molar-refractivity contribution in [1.29, 1.82) is 0 Å². The Balaban J connectivity index is 2.53. The van der Waals surface area contributed by atoms with Crippen LogP contribution in [0.25, 0.3) is 11.3 Å². The van der Waals surface area contributed by atoms with E-state index in [9.17, 15) is 0 Å². The maximum absolute atomic E-state index is 9.14. The fraction of sp³-hybridized carbons (Fsp3) is 0.0909. The Morgan fingerprint density at radius 3 is 2.79 bits per heavy atom. The Hall–Kier alpha value is -1.25. The van der Waals surface area contributed by atoms with E-state index in [1.165, 1.54) is 0 Å². The van der Waals surface area contributed by atoms with Gasteiger partial charge in [-0.25, -0.2) is 0 Å². The third-order valence-electron chi connectivity index (χ3n) is 2.02. The van der Waals surface area contributed by atoms with Crippen molar-refractivity contribution in [3.63, 3.8) is 0 Å². The molecule has 72 valence electrons. The molecule has 0 unspecified atom stereocenters. The van der Waals surface area contributed by atoms with Gasteiger partial charge in [0.15, 0.2) is 0 Å². The monoisotopic (exact) mass is 208 g/mol.